The van der Waals surface area contributed by atoms with Gasteiger partial charge in [-0.1, -0.05) is 6.07 Å². The van der Waals surface area contributed by atoms with Crippen LogP contribution in [0.25, 0.3) is 0 Å². The molecule has 0 aliphatic carbocycles. The second-order valence-electron chi connectivity index (χ2n) is 4.06. The molecule has 0 unspecified atom stereocenters. The fourth-order valence-corrected chi connectivity index (χ4v) is 3.15. The number of carboxylic acids is 1. The van der Waals surface area contributed by atoms with Crippen LogP contribution in [-0.2, 0) is 10.0 Å². The van der Waals surface area contributed by atoms with E-state index in [1.54, 1.807) is 0 Å². The third-order valence-corrected chi connectivity index (χ3v) is 4.62. The van der Waals surface area contributed by atoms with Gasteiger partial charge in [0.15, 0.2) is 0 Å². The minimum absolute atomic E-state index is 0.0548. The molecular weight excluding hydrogens is 365 g/mol. The van der Waals surface area contributed by atoms with E-state index in [1.807, 2.05) is 0 Å². The number of aromatic carboxylic acids is 1. The molecule has 2 aromatic carbocycles. The second-order valence-corrected chi connectivity index (χ2v) is 6.60. The van der Waals surface area contributed by atoms with E-state index < -0.39 is 21.8 Å². The molecule has 0 aliphatic rings. The Hall–Kier alpha value is -1.93. The summed E-state index contributed by atoms with van der Waals surface area (Å²) in [5, 5.41) is 8.91. The van der Waals surface area contributed by atoms with E-state index in [0.29, 0.717) is 4.47 Å². The van der Waals surface area contributed by atoms with Crippen molar-refractivity contribution in [1.82, 2.24) is 0 Å². The molecule has 0 saturated heterocycles. The van der Waals surface area contributed by atoms with E-state index in [0.717, 1.165) is 12.1 Å². The number of halogens is 2. The fourth-order valence-electron chi connectivity index (χ4n) is 1.57. The molecular formula is C13H9BrFNO4S. The van der Waals surface area contributed by atoms with Crippen molar-refractivity contribution in [1.29, 1.82) is 0 Å². The molecule has 21 heavy (non-hydrogen) atoms. The topological polar surface area (TPSA) is 83.5 Å². The van der Waals surface area contributed by atoms with Crippen molar-refractivity contribution in [2.45, 2.75) is 4.90 Å². The van der Waals surface area contributed by atoms with E-state index in [4.69, 9.17) is 5.11 Å². The number of carboxylic acid groups (broad SMARTS) is 1. The molecule has 8 heteroatoms. The molecule has 110 valence electrons. The monoisotopic (exact) mass is 373 g/mol. The number of carbonyl (C=O) groups is 1. The Labute approximate surface area is 128 Å². The predicted octanol–water partition coefficient (Wildman–Crippen LogP) is 3.09. The number of anilines is 1. The summed E-state index contributed by atoms with van der Waals surface area (Å²) in [7, 11) is -4.01. The van der Waals surface area contributed by atoms with Crippen molar-refractivity contribution in [2.75, 3.05) is 4.72 Å². The summed E-state index contributed by atoms with van der Waals surface area (Å²) in [5.41, 5.74) is -0.0192. The third kappa shape index (κ3) is 3.59. The largest absolute Gasteiger partial charge is 0.478 e. The highest BCUT2D eigenvalue weighted by Crippen LogP contribution is 2.26. The van der Waals surface area contributed by atoms with E-state index in [9.17, 15) is 17.6 Å². The summed E-state index contributed by atoms with van der Waals surface area (Å²) >= 11 is 3.13. The molecule has 2 N–H and O–H groups in total. The van der Waals surface area contributed by atoms with Crippen molar-refractivity contribution in [3.8, 4) is 0 Å². The molecule has 0 aromatic heterocycles. The first-order valence-corrected chi connectivity index (χ1v) is 7.88. The van der Waals surface area contributed by atoms with Crippen LogP contribution in [0.1, 0.15) is 10.4 Å². The SMILES string of the molecule is O=C(O)c1ccc(Br)c(NS(=O)(=O)c2cccc(F)c2)c1. The van der Waals surface area contributed by atoms with Gasteiger partial charge in [0.25, 0.3) is 10.0 Å². The highest BCUT2D eigenvalue weighted by Gasteiger charge is 2.17. The first-order chi connectivity index (χ1) is 9.79. The zero-order valence-corrected chi connectivity index (χ0v) is 12.8. The average molecular weight is 374 g/mol. The molecule has 0 aliphatic heterocycles. The van der Waals surface area contributed by atoms with Gasteiger partial charge in [-0.15, -0.1) is 0 Å². The number of benzene rings is 2. The van der Waals surface area contributed by atoms with Gasteiger partial charge in [-0.2, -0.15) is 0 Å². The molecule has 0 atom stereocenters. The Morgan fingerprint density at radius 1 is 1.19 bits per heavy atom. The zero-order chi connectivity index (χ0) is 15.6. The Balaban J connectivity index is 2.41. The Morgan fingerprint density at radius 3 is 2.52 bits per heavy atom. The quantitative estimate of drug-likeness (QED) is 0.862. The van der Waals surface area contributed by atoms with Crippen LogP contribution in [0.3, 0.4) is 0 Å². The standard InChI is InChI=1S/C13H9BrFNO4S/c14-11-5-4-8(13(17)18)6-12(11)16-21(19,20)10-3-1-2-9(15)7-10/h1-7,16H,(H,17,18). The van der Waals surface area contributed by atoms with Crippen LogP contribution in [0.2, 0.25) is 0 Å². The molecule has 0 radical (unpaired) electrons. The van der Waals surface area contributed by atoms with Crippen LogP contribution in [0, 0.1) is 5.82 Å². The maximum atomic E-state index is 13.1. The lowest BCUT2D eigenvalue weighted by Gasteiger charge is -2.10. The van der Waals surface area contributed by atoms with E-state index in [-0.39, 0.29) is 16.1 Å². The minimum atomic E-state index is -4.01. The molecule has 5 nitrogen and oxygen atoms in total. The van der Waals surface area contributed by atoms with Crippen molar-refractivity contribution in [3.05, 3.63) is 58.3 Å². The molecule has 0 saturated carbocycles. The van der Waals surface area contributed by atoms with Gasteiger partial charge in [0.05, 0.1) is 16.1 Å². The van der Waals surface area contributed by atoms with Crippen molar-refractivity contribution < 1.29 is 22.7 Å². The first-order valence-electron chi connectivity index (χ1n) is 5.61. The molecule has 2 aromatic rings. The van der Waals surface area contributed by atoms with Gasteiger partial charge in [0.2, 0.25) is 0 Å². The van der Waals surface area contributed by atoms with E-state index >= 15 is 0 Å². The summed E-state index contributed by atoms with van der Waals surface area (Å²) in [6.45, 7) is 0. The molecule has 2 rings (SSSR count). The van der Waals surface area contributed by atoms with Crippen molar-refractivity contribution >= 4 is 37.6 Å². The lowest BCUT2D eigenvalue weighted by molar-refractivity contribution is 0.0697. The Bertz CT molecular complexity index is 808. The van der Waals surface area contributed by atoms with Crippen LogP contribution in [0.5, 0.6) is 0 Å². The van der Waals surface area contributed by atoms with Gasteiger partial charge in [-0.05, 0) is 52.3 Å². The second kappa shape index (κ2) is 5.82. The number of sulfonamides is 1. The van der Waals surface area contributed by atoms with Crippen molar-refractivity contribution in [3.63, 3.8) is 0 Å². The molecule has 0 amide bonds. The van der Waals surface area contributed by atoms with Crippen LogP contribution < -0.4 is 4.72 Å². The molecule has 0 heterocycles. The van der Waals surface area contributed by atoms with E-state index in [2.05, 4.69) is 20.7 Å². The summed E-state index contributed by atoms with van der Waals surface area (Å²) in [4.78, 5) is 10.6. The Kier molecular flexibility index (Phi) is 4.29. The third-order valence-electron chi connectivity index (χ3n) is 2.56. The molecule has 0 spiro atoms. The summed E-state index contributed by atoms with van der Waals surface area (Å²) in [6.07, 6.45) is 0. The zero-order valence-electron chi connectivity index (χ0n) is 10.4. The molecule has 0 bridgehead atoms. The fraction of sp³-hybridized carbons (Fsp3) is 0. The highest BCUT2D eigenvalue weighted by atomic mass is 79.9. The van der Waals surface area contributed by atoms with Crippen molar-refractivity contribution in [2.24, 2.45) is 0 Å². The lowest BCUT2D eigenvalue weighted by atomic mass is 10.2. The maximum absolute atomic E-state index is 13.1. The highest BCUT2D eigenvalue weighted by molar-refractivity contribution is 9.10. The van der Waals surface area contributed by atoms with Crippen LogP contribution in [0.4, 0.5) is 10.1 Å². The predicted molar refractivity (Wildman–Crippen MR) is 78.3 cm³/mol. The Morgan fingerprint density at radius 2 is 1.90 bits per heavy atom. The summed E-state index contributed by atoms with van der Waals surface area (Å²) < 4.78 is 40.0. The van der Waals surface area contributed by atoms with Gasteiger partial charge in [-0.25, -0.2) is 17.6 Å². The van der Waals surface area contributed by atoms with Gasteiger partial charge in [-0.3, -0.25) is 4.72 Å². The van der Waals surface area contributed by atoms with Crippen LogP contribution >= 0.6 is 15.9 Å². The van der Waals surface area contributed by atoms with Gasteiger partial charge in [0, 0.05) is 4.47 Å². The normalized spacial score (nSPS) is 11.1. The lowest BCUT2D eigenvalue weighted by Crippen LogP contribution is -2.14. The number of hydrogen-bond donors (Lipinski definition) is 2. The van der Waals surface area contributed by atoms with Gasteiger partial charge >= 0.3 is 5.97 Å². The number of rotatable bonds is 4. The molecule has 0 fully saturated rings. The van der Waals surface area contributed by atoms with Crippen LogP contribution in [0.15, 0.2) is 51.8 Å². The van der Waals surface area contributed by atoms with Gasteiger partial charge < -0.3 is 5.11 Å². The van der Waals surface area contributed by atoms with E-state index in [1.165, 1.54) is 30.3 Å². The average Bonchev–Trinajstić information content (AvgIpc) is 2.41. The van der Waals surface area contributed by atoms with Crippen LogP contribution in [-0.4, -0.2) is 19.5 Å². The van der Waals surface area contributed by atoms with Gasteiger partial charge in [0.1, 0.15) is 5.82 Å². The summed E-state index contributed by atoms with van der Waals surface area (Å²) in [6, 6.07) is 8.41. The maximum Gasteiger partial charge on any atom is 0.335 e. The minimum Gasteiger partial charge on any atom is -0.478 e. The number of hydrogen-bond acceptors (Lipinski definition) is 3. The number of nitrogens with one attached hydrogen (secondary N) is 1. The first kappa shape index (κ1) is 15.5. The smallest absolute Gasteiger partial charge is 0.335 e. The summed E-state index contributed by atoms with van der Waals surface area (Å²) in [5.74, 6) is -1.87.